The summed E-state index contributed by atoms with van der Waals surface area (Å²) in [6, 6.07) is 6.48. The lowest BCUT2D eigenvalue weighted by atomic mass is 9.68. The molecule has 2 heteroatoms. The zero-order valence-electron chi connectivity index (χ0n) is 10.7. The predicted octanol–water partition coefficient (Wildman–Crippen LogP) is 3.70. The van der Waals surface area contributed by atoms with Gasteiger partial charge in [0, 0.05) is 6.42 Å². The number of aliphatic hydroxyl groups is 1. The van der Waals surface area contributed by atoms with Crippen molar-refractivity contribution < 1.29 is 9.50 Å². The lowest BCUT2D eigenvalue weighted by Crippen LogP contribution is -2.40. The maximum Gasteiger partial charge on any atom is 0.123 e. The molecule has 2 rings (SSSR count). The Hall–Kier alpha value is -0.890. The van der Waals surface area contributed by atoms with Crippen LogP contribution in [0.5, 0.6) is 0 Å². The largest absolute Gasteiger partial charge is 0.390 e. The number of rotatable bonds is 2. The smallest absolute Gasteiger partial charge is 0.123 e. The van der Waals surface area contributed by atoms with Gasteiger partial charge in [0.2, 0.25) is 0 Å². The highest BCUT2D eigenvalue weighted by atomic mass is 19.1. The molecule has 0 bridgehead atoms. The van der Waals surface area contributed by atoms with E-state index < -0.39 is 5.60 Å². The fraction of sp³-hybridized carbons (Fsp3) is 0.600. The van der Waals surface area contributed by atoms with Gasteiger partial charge in [0.1, 0.15) is 5.82 Å². The lowest BCUT2D eigenvalue weighted by molar-refractivity contribution is -0.0382. The molecule has 1 aromatic rings. The van der Waals surface area contributed by atoms with E-state index in [1.165, 1.54) is 18.6 Å². The summed E-state index contributed by atoms with van der Waals surface area (Å²) < 4.78 is 12.8. The van der Waals surface area contributed by atoms with Crippen LogP contribution in [0.15, 0.2) is 24.3 Å². The highest BCUT2D eigenvalue weighted by molar-refractivity contribution is 5.18. The molecule has 0 aliphatic heterocycles. The Morgan fingerprint density at radius 1 is 1.18 bits per heavy atom. The van der Waals surface area contributed by atoms with Gasteiger partial charge in [-0.1, -0.05) is 32.4 Å². The molecule has 1 unspecified atom stereocenters. The summed E-state index contributed by atoms with van der Waals surface area (Å²) in [4.78, 5) is 0. The molecule has 1 saturated carbocycles. The Balaban J connectivity index is 2.09. The van der Waals surface area contributed by atoms with Crippen molar-refractivity contribution in [2.24, 2.45) is 5.41 Å². The average Bonchev–Trinajstić information content (AvgIpc) is 2.19. The van der Waals surface area contributed by atoms with Crippen LogP contribution in [0.3, 0.4) is 0 Å². The van der Waals surface area contributed by atoms with Crippen molar-refractivity contribution in [3.8, 4) is 0 Å². The minimum absolute atomic E-state index is 0.215. The molecule has 0 amide bonds. The molecule has 0 radical (unpaired) electrons. The van der Waals surface area contributed by atoms with Gasteiger partial charge >= 0.3 is 0 Å². The Bertz CT molecular complexity index is 382. The molecule has 0 saturated heterocycles. The molecule has 0 aromatic heterocycles. The monoisotopic (exact) mass is 236 g/mol. The van der Waals surface area contributed by atoms with Crippen LogP contribution in [-0.4, -0.2) is 10.7 Å². The molecule has 94 valence electrons. The Labute approximate surface area is 103 Å². The quantitative estimate of drug-likeness (QED) is 0.830. The van der Waals surface area contributed by atoms with Crippen molar-refractivity contribution in [3.63, 3.8) is 0 Å². The van der Waals surface area contributed by atoms with Gasteiger partial charge in [-0.05, 0) is 42.4 Å². The fourth-order valence-electron chi connectivity index (χ4n) is 3.10. The van der Waals surface area contributed by atoms with E-state index in [-0.39, 0.29) is 11.2 Å². The molecule has 1 atom stereocenters. The van der Waals surface area contributed by atoms with E-state index in [1.807, 2.05) is 0 Å². The fourth-order valence-corrected chi connectivity index (χ4v) is 3.10. The summed E-state index contributed by atoms with van der Waals surface area (Å²) in [5.41, 5.74) is 0.624. The first-order chi connectivity index (χ1) is 7.89. The summed E-state index contributed by atoms with van der Waals surface area (Å²) in [6.07, 6.45) is 4.57. The van der Waals surface area contributed by atoms with Crippen molar-refractivity contribution in [2.45, 2.75) is 51.6 Å². The molecule has 1 nitrogen and oxygen atoms in total. The summed E-state index contributed by atoms with van der Waals surface area (Å²) >= 11 is 0. The molecule has 17 heavy (non-hydrogen) atoms. The maximum absolute atomic E-state index is 12.8. The van der Waals surface area contributed by atoms with Crippen LogP contribution in [0.2, 0.25) is 0 Å². The number of halogens is 1. The second-order valence-electron chi connectivity index (χ2n) is 6.22. The second-order valence-corrected chi connectivity index (χ2v) is 6.22. The molecule has 0 heterocycles. The normalized spacial score (nSPS) is 28.0. The van der Waals surface area contributed by atoms with Gasteiger partial charge in [0.05, 0.1) is 5.60 Å². The van der Waals surface area contributed by atoms with E-state index in [1.54, 1.807) is 12.1 Å². The molecule has 1 N–H and O–H groups in total. The Morgan fingerprint density at radius 3 is 2.41 bits per heavy atom. The summed E-state index contributed by atoms with van der Waals surface area (Å²) in [6.45, 7) is 4.42. The van der Waals surface area contributed by atoms with Crippen LogP contribution in [0.4, 0.5) is 4.39 Å². The first kappa shape index (κ1) is 12.6. The van der Waals surface area contributed by atoms with Crippen molar-refractivity contribution in [3.05, 3.63) is 35.6 Å². The van der Waals surface area contributed by atoms with Gasteiger partial charge < -0.3 is 5.11 Å². The van der Waals surface area contributed by atoms with Gasteiger partial charge in [-0.15, -0.1) is 0 Å². The lowest BCUT2D eigenvalue weighted by Gasteiger charge is -2.41. The second kappa shape index (κ2) is 4.41. The molecular formula is C15H21FO. The van der Waals surface area contributed by atoms with Gasteiger partial charge in [0.25, 0.3) is 0 Å². The Morgan fingerprint density at radius 2 is 1.82 bits per heavy atom. The van der Waals surface area contributed by atoms with Crippen molar-refractivity contribution in [2.75, 3.05) is 0 Å². The standard InChI is InChI=1S/C15H21FO/c1-14(2)8-3-9-15(17,11-14)10-12-4-6-13(16)7-5-12/h4-7,17H,3,8-11H2,1-2H3. The van der Waals surface area contributed by atoms with Crippen LogP contribution in [-0.2, 0) is 6.42 Å². The van der Waals surface area contributed by atoms with E-state index in [0.29, 0.717) is 6.42 Å². The molecule has 0 spiro atoms. The van der Waals surface area contributed by atoms with Crippen molar-refractivity contribution in [1.29, 1.82) is 0 Å². The summed E-state index contributed by atoms with van der Waals surface area (Å²) in [5, 5.41) is 10.6. The van der Waals surface area contributed by atoms with Crippen LogP contribution in [0.1, 0.15) is 45.1 Å². The third-order valence-electron chi connectivity index (χ3n) is 3.75. The molecule has 1 aliphatic carbocycles. The summed E-state index contributed by atoms with van der Waals surface area (Å²) in [5.74, 6) is -0.218. The SMILES string of the molecule is CC1(C)CCCC(O)(Cc2ccc(F)cc2)C1. The van der Waals surface area contributed by atoms with Crippen LogP contribution in [0, 0.1) is 11.2 Å². The molecule has 1 aliphatic rings. The Kier molecular flexibility index (Phi) is 3.26. The van der Waals surface area contributed by atoms with E-state index in [9.17, 15) is 9.50 Å². The maximum atomic E-state index is 12.8. The predicted molar refractivity (Wildman–Crippen MR) is 67.3 cm³/mol. The third-order valence-corrected chi connectivity index (χ3v) is 3.75. The van der Waals surface area contributed by atoms with Crippen LogP contribution >= 0.6 is 0 Å². The first-order valence-electron chi connectivity index (χ1n) is 6.36. The van der Waals surface area contributed by atoms with Gasteiger partial charge in [-0.3, -0.25) is 0 Å². The highest BCUT2D eigenvalue weighted by Crippen LogP contribution is 2.42. The van der Waals surface area contributed by atoms with Crippen LogP contribution in [0.25, 0.3) is 0 Å². The van der Waals surface area contributed by atoms with Crippen molar-refractivity contribution >= 4 is 0 Å². The third kappa shape index (κ3) is 3.29. The zero-order chi connectivity index (χ0) is 12.5. The van der Waals surface area contributed by atoms with E-state index in [2.05, 4.69) is 13.8 Å². The highest BCUT2D eigenvalue weighted by Gasteiger charge is 2.38. The van der Waals surface area contributed by atoms with Gasteiger partial charge in [0.15, 0.2) is 0 Å². The van der Waals surface area contributed by atoms with E-state index >= 15 is 0 Å². The van der Waals surface area contributed by atoms with Crippen molar-refractivity contribution in [1.82, 2.24) is 0 Å². The zero-order valence-corrected chi connectivity index (χ0v) is 10.7. The average molecular weight is 236 g/mol. The van der Waals surface area contributed by atoms with Gasteiger partial charge in [-0.25, -0.2) is 4.39 Å². The molecule has 1 aromatic carbocycles. The minimum Gasteiger partial charge on any atom is -0.390 e. The number of hydrogen-bond donors (Lipinski definition) is 1. The molecule has 1 fully saturated rings. The van der Waals surface area contributed by atoms with E-state index in [0.717, 1.165) is 24.8 Å². The van der Waals surface area contributed by atoms with Crippen LogP contribution < -0.4 is 0 Å². The molecular weight excluding hydrogens is 215 g/mol. The summed E-state index contributed by atoms with van der Waals surface area (Å²) in [7, 11) is 0. The first-order valence-corrected chi connectivity index (χ1v) is 6.36. The number of hydrogen-bond acceptors (Lipinski definition) is 1. The van der Waals surface area contributed by atoms with E-state index in [4.69, 9.17) is 0 Å². The topological polar surface area (TPSA) is 20.2 Å². The van der Waals surface area contributed by atoms with Gasteiger partial charge in [-0.2, -0.15) is 0 Å². The number of benzene rings is 1. The minimum atomic E-state index is -0.612.